The smallest absolute Gasteiger partial charge is 0.221 e. The predicted molar refractivity (Wildman–Crippen MR) is 78.1 cm³/mol. The van der Waals surface area contributed by atoms with Gasteiger partial charge >= 0.3 is 0 Å². The molecule has 1 amide bonds. The van der Waals surface area contributed by atoms with E-state index in [9.17, 15) is 4.79 Å². The Labute approximate surface area is 115 Å². The molecule has 1 saturated heterocycles. The molecule has 1 fully saturated rings. The number of rotatable bonds is 6. The van der Waals surface area contributed by atoms with Gasteiger partial charge in [0, 0.05) is 38.3 Å². The number of carbonyl (C=O) groups is 1. The van der Waals surface area contributed by atoms with Gasteiger partial charge in [0.05, 0.1) is 0 Å². The number of amides is 1. The summed E-state index contributed by atoms with van der Waals surface area (Å²) < 4.78 is 0. The van der Waals surface area contributed by atoms with E-state index in [-0.39, 0.29) is 5.91 Å². The highest BCUT2D eigenvalue weighted by Gasteiger charge is 2.23. The van der Waals surface area contributed by atoms with E-state index in [1.165, 1.54) is 18.9 Å². The number of hydrogen-bond donors (Lipinski definition) is 2. The zero-order valence-corrected chi connectivity index (χ0v) is 11.8. The van der Waals surface area contributed by atoms with Crippen molar-refractivity contribution in [2.45, 2.75) is 32.9 Å². The Bertz CT molecular complexity index is 412. The van der Waals surface area contributed by atoms with Crippen molar-refractivity contribution >= 4 is 11.6 Å². The molecule has 0 bridgehead atoms. The Hall–Kier alpha value is -1.39. The van der Waals surface area contributed by atoms with Gasteiger partial charge in [-0.15, -0.1) is 0 Å². The average molecular weight is 261 g/mol. The first kappa shape index (κ1) is 14.0. The largest absolute Gasteiger partial charge is 0.326 e. The van der Waals surface area contributed by atoms with E-state index in [2.05, 4.69) is 34.6 Å². The third-order valence-corrected chi connectivity index (χ3v) is 3.45. The Kier molecular flexibility index (Phi) is 4.93. The summed E-state index contributed by atoms with van der Waals surface area (Å²) >= 11 is 0. The van der Waals surface area contributed by atoms with Crippen LogP contribution in [0.5, 0.6) is 0 Å². The van der Waals surface area contributed by atoms with Crippen molar-refractivity contribution in [1.29, 1.82) is 0 Å². The van der Waals surface area contributed by atoms with Crippen LogP contribution in [0.25, 0.3) is 0 Å². The molecule has 4 heteroatoms. The molecule has 4 nitrogen and oxygen atoms in total. The second-order valence-electron chi connectivity index (χ2n) is 5.16. The van der Waals surface area contributed by atoms with E-state index in [1.54, 1.807) is 0 Å². The van der Waals surface area contributed by atoms with Crippen LogP contribution < -0.4 is 10.6 Å². The van der Waals surface area contributed by atoms with Crippen molar-refractivity contribution in [3.8, 4) is 0 Å². The zero-order valence-electron chi connectivity index (χ0n) is 11.8. The van der Waals surface area contributed by atoms with Crippen molar-refractivity contribution in [3.63, 3.8) is 0 Å². The van der Waals surface area contributed by atoms with Gasteiger partial charge in [-0.05, 0) is 30.7 Å². The van der Waals surface area contributed by atoms with Crippen LogP contribution >= 0.6 is 0 Å². The van der Waals surface area contributed by atoms with E-state index in [0.29, 0.717) is 6.04 Å². The van der Waals surface area contributed by atoms with E-state index in [0.717, 1.165) is 31.9 Å². The predicted octanol–water partition coefficient (Wildman–Crippen LogP) is 1.83. The van der Waals surface area contributed by atoms with Gasteiger partial charge in [0.25, 0.3) is 0 Å². The summed E-state index contributed by atoms with van der Waals surface area (Å²) in [6.07, 6.45) is 1.18. The van der Waals surface area contributed by atoms with E-state index in [1.807, 2.05) is 12.1 Å². The summed E-state index contributed by atoms with van der Waals surface area (Å²) in [5.74, 6) is -0.0269. The highest BCUT2D eigenvalue weighted by molar-refractivity contribution is 5.88. The zero-order chi connectivity index (χ0) is 13.7. The van der Waals surface area contributed by atoms with Crippen LogP contribution in [0.1, 0.15) is 25.8 Å². The van der Waals surface area contributed by atoms with Crippen molar-refractivity contribution in [2.24, 2.45) is 0 Å². The van der Waals surface area contributed by atoms with Crippen LogP contribution in [0, 0.1) is 0 Å². The maximum absolute atomic E-state index is 11.0. The first-order valence-electron chi connectivity index (χ1n) is 7.00. The fraction of sp³-hybridized carbons (Fsp3) is 0.533. The normalized spacial score (nSPS) is 15.3. The average Bonchev–Trinajstić information content (AvgIpc) is 2.29. The Morgan fingerprint density at radius 1 is 1.37 bits per heavy atom. The Balaban J connectivity index is 1.94. The molecular weight excluding hydrogens is 238 g/mol. The molecule has 1 aromatic carbocycles. The highest BCUT2D eigenvalue weighted by atomic mass is 16.1. The van der Waals surface area contributed by atoms with Gasteiger partial charge < -0.3 is 10.6 Å². The van der Waals surface area contributed by atoms with E-state index < -0.39 is 0 Å². The van der Waals surface area contributed by atoms with Gasteiger partial charge in [-0.2, -0.15) is 0 Å². The molecule has 1 aliphatic heterocycles. The lowest BCUT2D eigenvalue weighted by Gasteiger charge is -2.38. The maximum atomic E-state index is 11.0. The number of nitrogens with zero attached hydrogens (tertiary/aromatic N) is 1. The molecule has 1 aliphatic rings. The van der Waals surface area contributed by atoms with Crippen LogP contribution in [0.15, 0.2) is 24.3 Å². The molecule has 1 aromatic rings. The molecule has 0 aromatic heterocycles. The second-order valence-corrected chi connectivity index (χ2v) is 5.16. The first-order chi connectivity index (χ1) is 9.19. The van der Waals surface area contributed by atoms with Crippen molar-refractivity contribution in [1.82, 2.24) is 10.2 Å². The fourth-order valence-corrected chi connectivity index (χ4v) is 2.34. The van der Waals surface area contributed by atoms with Crippen molar-refractivity contribution < 1.29 is 4.79 Å². The third kappa shape index (κ3) is 4.04. The Morgan fingerprint density at radius 2 is 2.05 bits per heavy atom. The van der Waals surface area contributed by atoms with Gasteiger partial charge in [0.2, 0.25) is 5.91 Å². The molecule has 104 valence electrons. The molecule has 2 rings (SSSR count). The summed E-state index contributed by atoms with van der Waals surface area (Å²) in [5.41, 5.74) is 2.16. The molecule has 0 spiro atoms. The lowest BCUT2D eigenvalue weighted by molar-refractivity contribution is -0.114. The van der Waals surface area contributed by atoms with Crippen molar-refractivity contribution in [2.75, 3.05) is 25.0 Å². The molecule has 2 N–H and O–H groups in total. The van der Waals surface area contributed by atoms with Crippen LogP contribution in [0.2, 0.25) is 0 Å². The van der Waals surface area contributed by atoms with Crippen LogP contribution in [-0.2, 0) is 11.3 Å². The van der Waals surface area contributed by atoms with Gasteiger partial charge in [0.1, 0.15) is 0 Å². The number of carbonyl (C=O) groups excluding carboxylic acids is 1. The molecule has 0 aliphatic carbocycles. The molecule has 0 radical (unpaired) electrons. The SMILES string of the molecule is CCCN(Cc1ccc(NC(C)=O)cc1)C1CNC1. The maximum Gasteiger partial charge on any atom is 0.221 e. The topological polar surface area (TPSA) is 44.4 Å². The summed E-state index contributed by atoms with van der Waals surface area (Å²) in [7, 11) is 0. The van der Waals surface area contributed by atoms with Crippen LogP contribution in [-0.4, -0.2) is 36.5 Å². The number of hydrogen-bond acceptors (Lipinski definition) is 3. The number of nitrogens with one attached hydrogen (secondary N) is 2. The molecule has 0 unspecified atom stereocenters. The first-order valence-corrected chi connectivity index (χ1v) is 7.00. The molecule has 0 atom stereocenters. The quantitative estimate of drug-likeness (QED) is 0.821. The van der Waals surface area contributed by atoms with Crippen LogP contribution in [0.3, 0.4) is 0 Å². The minimum atomic E-state index is -0.0269. The fourth-order valence-electron chi connectivity index (χ4n) is 2.34. The molecule has 1 heterocycles. The highest BCUT2D eigenvalue weighted by Crippen LogP contribution is 2.15. The number of benzene rings is 1. The van der Waals surface area contributed by atoms with Gasteiger partial charge in [0.15, 0.2) is 0 Å². The minimum absolute atomic E-state index is 0.0269. The number of anilines is 1. The lowest BCUT2D eigenvalue weighted by Crippen LogP contribution is -2.56. The molecule has 19 heavy (non-hydrogen) atoms. The summed E-state index contributed by atoms with van der Waals surface area (Å²) in [5, 5.41) is 6.12. The van der Waals surface area contributed by atoms with Crippen molar-refractivity contribution in [3.05, 3.63) is 29.8 Å². The molecular formula is C15H23N3O. The monoisotopic (exact) mass is 261 g/mol. The third-order valence-electron chi connectivity index (χ3n) is 3.45. The van der Waals surface area contributed by atoms with Gasteiger partial charge in [-0.3, -0.25) is 9.69 Å². The minimum Gasteiger partial charge on any atom is -0.326 e. The van der Waals surface area contributed by atoms with Crippen LogP contribution in [0.4, 0.5) is 5.69 Å². The standard InChI is InChI=1S/C15H23N3O/c1-3-8-18(15-9-16-10-15)11-13-4-6-14(7-5-13)17-12(2)19/h4-7,15-16H,3,8-11H2,1-2H3,(H,17,19). The van der Waals surface area contributed by atoms with E-state index in [4.69, 9.17) is 0 Å². The lowest BCUT2D eigenvalue weighted by atomic mass is 10.1. The summed E-state index contributed by atoms with van der Waals surface area (Å²) in [6.45, 7) is 8.08. The van der Waals surface area contributed by atoms with Gasteiger partial charge in [-0.1, -0.05) is 19.1 Å². The molecule has 0 saturated carbocycles. The van der Waals surface area contributed by atoms with Gasteiger partial charge in [-0.25, -0.2) is 0 Å². The Morgan fingerprint density at radius 3 is 2.53 bits per heavy atom. The van der Waals surface area contributed by atoms with E-state index >= 15 is 0 Å². The summed E-state index contributed by atoms with van der Waals surface area (Å²) in [4.78, 5) is 13.5. The second kappa shape index (κ2) is 6.68. The summed E-state index contributed by atoms with van der Waals surface area (Å²) in [6, 6.07) is 8.81.